The number of aliphatic hydroxyl groups is 2. The molecule has 5 rings (SSSR count). The highest BCUT2D eigenvalue weighted by molar-refractivity contribution is 5.30. The summed E-state index contributed by atoms with van der Waals surface area (Å²) in [5, 5.41) is 21.2. The molecule has 0 amide bonds. The minimum absolute atomic E-state index is 0.0885. The Balaban J connectivity index is 1.39. The molecule has 0 radical (unpaired) electrons. The molecule has 5 aliphatic rings. The maximum Gasteiger partial charge on any atom is 0.0744 e. The topological polar surface area (TPSA) is 40.5 Å². The molecule has 0 aromatic carbocycles. The van der Waals surface area contributed by atoms with Crippen molar-refractivity contribution in [1.82, 2.24) is 0 Å². The molecule has 5 saturated carbocycles. The summed E-state index contributed by atoms with van der Waals surface area (Å²) in [6.45, 7) is 18.5. The lowest BCUT2D eigenvalue weighted by Crippen LogP contribution is -2.57. The number of hydrogen-bond acceptors (Lipinski definition) is 2. The number of fused-ring (bicyclic) bond motifs is 2. The molecule has 0 aliphatic heterocycles. The van der Waals surface area contributed by atoms with E-state index < -0.39 is 0 Å². The number of rotatable bonds is 5. The highest BCUT2D eigenvalue weighted by Gasteiger charge is 2.82. The predicted molar refractivity (Wildman–Crippen MR) is 132 cm³/mol. The second-order valence-electron chi connectivity index (χ2n) is 14.4. The van der Waals surface area contributed by atoms with Crippen molar-refractivity contribution in [3.63, 3.8) is 0 Å². The van der Waals surface area contributed by atoms with Crippen molar-refractivity contribution in [2.24, 2.45) is 50.7 Å². The molecule has 0 heterocycles. The minimum Gasteiger partial charge on any atom is -0.393 e. The first-order valence-electron chi connectivity index (χ1n) is 13.9. The Kier molecular flexibility index (Phi) is 5.19. The lowest BCUT2D eigenvalue weighted by molar-refractivity contribution is -0.161. The van der Waals surface area contributed by atoms with Gasteiger partial charge < -0.3 is 10.2 Å². The molecule has 182 valence electrons. The maximum absolute atomic E-state index is 10.8. The second kappa shape index (κ2) is 7.09. The van der Waals surface area contributed by atoms with E-state index in [1.54, 1.807) is 0 Å². The van der Waals surface area contributed by atoms with Crippen LogP contribution in [-0.4, -0.2) is 22.4 Å². The first-order valence-corrected chi connectivity index (χ1v) is 13.9. The van der Waals surface area contributed by atoms with Gasteiger partial charge in [-0.25, -0.2) is 0 Å². The van der Waals surface area contributed by atoms with Crippen molar-refractivity contribution < 1.29 is 10.2 Å². The van der Waals surface area contributed by atoms with E-state index in [4.69, 9.17) is 0 Å². The van der Waals surface area contributed by atoms with Crippen LogP contribution >= 0.6 is 0 Å². The molecule has 0 saturated heterocycles. The molecule has 32 heavy (non-hydrogen) atoms. The molecule has 2 nitrogen and oxygen atoms in total. The maximum atomic E-state index is 10.8. The summed E-state index contributed by atoms with van der Waals surface area (Å²) in [4.78, 5) is 0. The van der Waals surface area contributed by atoms with E-state index in [1.165, 1.54) is 51.4 Å². The van der Waals surface area contributed by atoms with Crippen molar-refractivity contribution in [3.8, 4) is 0 Å². The lowest BCUT2D eigenvalue weighted by atomic mass is 9.41. The van der Waals surface area contributed by atoms with Crippen LogP contribution in [-0.2, 0) is 0 Å². The highest BCUT2D eigenvalue weighted by atomic mass is 16.3. The lowest BCUT2D eigenvalue weighted by Gasteiger charge is -2.63. The average molecular weight is 443 g/mol. The Morgan fingerprint density at radius 1 is 0.875 bits per heavy atom. The van der Waals surface area contributed by atoms with E-state index >= 15 is 0 Å². The van der Waals surface area contributed by atoms with E-state index in [1.807, 2.05) is 6.92 Å². The van der Waals surface area contributed by atoms with E-state index in [9.17, 15) is 10.2 Å². The van der Waals surface area contributed by atoms with Crippen molar-refractivity contribution in [3.05, 3.63) is 12.2 Å². The van der Waals surface area contributed by atoms with Crippen molar-refractivity contribution in [2.75, 3.05) is 0 Å². The van der Waals surface area contributed by atoms with Gasteiger partial charge >= 0.3 is 0 Å². The quantitative estimate of drug-likeness (QED) is 0.444. The molecular formula is C30H50O2. The summed E-state index contributed by atoms with van der Waals surface area (Å²) in [6.07, 6.45) is 13.7. The third-order valence-corrected chi connectivity index (χ3v) is 13.3. The van der Waals surface area contributed by atoms with Gasteiger partial charge in [-0.15, -0.1) is 0 Å². The third kappa shape index (κ3) is 2.72. The van der Waals surface area contributed by atoms with Crippen LogP contribution in [0.3, 0.4) is 0 Å². The Morgan fingerprint density at radius 3 is 2.22 bits per heavy atom. The first-order chi connectivity index (χ1) is 14.9. The van der Waals surface area contributed by atoms with Gasteiger partial charge in [-0.1, -0.05) is 46.8 Å². The van der Waals surface area contributed by atoms with Gasteiger partial charge in [0.05, 0.1) is 12.2 Å². The van der Waals surface area contributed by atoms with Gasteiger partial charge in [0.1, 0.15) is 0 Å². The smallest absolute Gasteiger partial charge is 0.0744 e. The van der Waals surface area contributed by atoms with Gasteiger partial charge in [0.2, 0.25) is 0 Å². The van der Waals surface area contributed by atoms with Crippen molar-refractivity contribution >= 4 is 0 Å². The zero-order chi connectivity index (χ0) is 23.3. The van der Waals surface area contributed by atoms with Crippen LogP contribution < -0.4 is 0 Å². The fourth-order valence-corrected chi connectivity index (χ4v) is 11.2. The van der Waals surface area contributed by atoms with Crippen LogP contribution in [0.4, 0.5) is 0 Å². The van der Waals surface area contributed by atoms with E-state index in [2.05, 4.69) is 41.2 Å². The molecule has 2 heteroatoms. The average Bonchev–Trinajstić information content (AvgIpc) is 3.31. The molecule has 0 aromatic rings. The Bertz CT molecular complexity index is 786. The van der Waals surface area contributed by atoms with Gasteiger partial charge in [0.15, 0.2) is 0 Å². The molecular weight excluding hydrogens is 392 g/mol. The SMILES string of the molecule is C=C(C)C(O)CCC(C)[C@@H]1CC[C@@]2(C)[C@@H]3CC[C@H]4C(C)(C)C(O)CC[C@@]45C[C@@]35CC[C@]12C. The van der Waals surface area contributed by atoms with Crippen LogP contribution in [0, 0.1) is 50.7 Å². The largest absolute Gasteiger partial charge is 0.393 e. The molecule has 2 spiro atoms. The van der Waals surface area contributed by atoms with Crippen LogP contribution in [0.25, 0.3) is 0 Å². The summed E-state index contributed by atoms with van der Waals surface area (Å²) < 4.78 is 0. The molecule has 2 N–H and O–H groups in total. The van der Waals surface area contributed by atoms with Crippen molar-refractivity contribution in [1.29, 1.82) is 0 Å². The molecule has 5 aliphatic carbocycles. The van der Waals surface area contributed by atoms with Gasteiger partial charge in [0, 0.05) is 0 Å². The van der Waals surface area contributed by atoms with Crippen molar-refractivity contribution in [2.45, 2.75) is 124 Å². The fourth-order valence-electron chi connectivity index (χ4n) is 11.2. The number of aliphatic hydroxyl groups excluding tert-OH is 2. The second-order valence-corrected chi connectivity index (χ2v) is 14.4. The summed E-state index contributed by atoms with van der Waals surface area (Å²) in [7, 11) is 0. The van der Waals surface area contributed by atoms with Crippen LogP contribution in [0.5, 0.6) is 0 Å². The summed E-state index contributed by atoms with van der Waals surface area (Å²) in [5.41, 5.74) is 3.03. The van der Waals surface area contributed by atoms with Crippen LogP contribution in [0.15, 0.2) is 12.2 Å². The normalized spacial score (nSPS) is 52.8. The number of hydrogen-bond donors (Lipinski definition) is 2. The van der Waals surface area contributed by atoms with E-state index in [0.717, 1.165) is 42.6 Å². The molecule has 3 unspecified atom stereocenters. The van der Waals surface area contributed by atoms with Gasteiger partial charge in [-0.3, -0.25) is 0 Å². The summed E-state index contributed by atoms with van der Waals surface area (Å²) in [5.74, 6) is 3.08. The molecule has 10 atom stereocenters. The minimum atomic E-state index is -0.334. The standard InChI is InChI=1S/C30H50O2/c1-19(2)22(31)9-8-20(3)21-12-14-28(7)24-11-10-23-26(4,5)25(32)13-15-29(23)18-30(24,29)17-16-27(21,28)6/h20-25,31-32H,1,8-18H2,2-7H3/t20?,21-,22?,23-,24-,25?,27+,28-,29+,30-/m0/s1. The van der Waals surface area contributed by atoms with E-state index in [0.29, 0.717) is 27.6 Å². The van der Waals surface area contributed by atoms with Crippen LogP contribution in [0.2, 0.25) is 0 Å². The Morgan fingerprint density at radius 2 is 1.53 bits per heavy atom. The summed E-state index contributed by atoms with van der Waals surface area (Å²) in [6, 6.07) is 0. The fraction of sp³-hybridized carbons (Fsp3) is 0.933. The Hall–Kier alpha value is -0.340. The van der Waals surface area contributed by atoms with E-state index in [-0.39, 0.29) is 17.6 Å². The summed E-state index contributed by atoms with van der Waals surface area (Å²) >= 11 is 0. The Labute approximate surface area is 197 Å². The predicted octanol–water partition coefficient (Wildman–Crippen LogP) is 7.14. The monoisotopic (exact) mass is 442 g/mol. The molecule has 0 bridgehead atoms. The third-order valence-electron chi connectivity index (χ3n) is 13.3. The first kappa shape index (κ1) is 23.4. The zero-order valence-corrected chi connectivity index (χ0v) is 21.8. The van der Waals surface area contributed by atoms with Gasteiger partial charge in [0.25, 0.3) is 0 Å². The van der Waals surface area contributed by atoms with Gasteiger partial charge in [-0.2, -0.15) is 0 Å². The van der Waals surface area contributed by atoms with Gasteiger partial charge in [-0.05, 0) is 128 Å². The highest BCUT2D eigenvalue weighted by Crippen LogP contribution is 2.89. The molecule has 0 aromatic heterocycles. The molecule has 5 fully saturated rings. The van der Waals surface area contributed by atoms with Crippen LogP contribution in [0.1, 0.15) is 112 Å². The zero-order valence-electron chi connectivity index (χ0n) is 21.8.